The van der Waals surface area contributed by atoms with Gasteiger partial charge in [-0.15, -0.1) is 0 Å². The van der Waals surface area contributed by atoms with Crippen LogP contribution in [0.15, 0.2) is 17.0 Å². The molecule has 13 heavy (non-hydrogen) atoms. The molecular weight excluding hydrogens is 192 g/mol. The molecule has 4 nitrogen and oxygen atoms in total. The quantitative estimate of drug-likeness (QED) is 0.661. The summed E-state index contributed by atoms with van der Waals surface area (Å²) in [5.74, 6) is -0.476. The Labute approximate surface area is 76.4 Å². The molecule has 0 saturated heterocycles. The average molecular weight is 202 g/mol. The lowest BCUT2D eigenvalue weighted by atomic mass is 10.2. The van der Waals surface area contributed by atoms with Crippen LogP contribution >= 0.6 is 0 Å². The molecule has 2 N–H and O–H groups in total. The second kappa shape index (κ2) is 2.92. The minimum Gasteiger partial charge on any atom is -0.508 e. The predicted molar refractivity (Wildman–Crippen MR) is 47.6 cm³/mol. The number of benzene rings is 1. The molecule has 5 heteroatoms. The Morgan fingerprint density at radius 2 is 1.77 bits per heavy atom. The minimum absolute atomic E-state index is 0.171. The molecule has 0 aliphatic carbocycles. The van der Waals surface area contributed by atoms with Gasteiger partial charge < -0.3 is 10.2 Å². The van der Waals surface area contributed by atoms with Gasteiger partial charge in [0, 0.05) is 12.3 Å². The third-order valence-electron chi connectivity index (χ3n) is 1.65. The van der Waals surface area contributed by atoms with E-state index in [1.54, 1.807) is 0 Å². The first-order valence-electron chi connectivity index (χ1n) is 3.55. The fourth-order valence-corrected chi connectivity index (χ4v) is 1.86. The molecule has 1 aromatic rings. The molecule has 0 saturated carbocycles. The van der Waals surface area contributed by atoms with Crippen molar-refractivity contribution in [2.24, 2.45) is 0 Å². The molecule has 0 aromatic heterocycles. The smallest absolute Gasteiger partial charge is 0.179 e. The maximum atomic E-state index is 11.1. The highest BCUT2D eigenvalue weighted by molar-refractivity contribution is 7.90. The summed E-state index contributed by atoms with van der Waals surface area (Å²) in [6, 6.07) is 2.32. The molecule has 0 amide bonds. The Morgan fingerprint density at radius 3 is 2.23 bits per heavy atom. The number of hydrogen-bond acceptors (Lipinski definition) is 4. The number of rotatable bonds is 1. The number of phenols is 2. The number of phenolic OH excluding ortho intramolecular Hbond substituents is 2. The van der Waals surface area contributed by atoms with Crippen molar-refractivity contribution >= 4 is 9.84 Å². The van der Waals surface area contributed by atoms with Crippen molar-refractivity contribution in [1.82, 2.24) is 0 Å². The first-order chi connectivity index (χ1) is 5.82. The summed E-state index contributed by atoms with van der Waals surface area (Å²) in [7, 11) is -3.49. The van der Waals surface area contributed by atoms with Crippen LogP contribution in [-0.2, 0) is 9.84 Å². The van der Waals surface area contributed by atoms with Crippen LogP contribution in [0.25, 0.3) is 0 Å². The van der Waals surface area contributed by atoms with Crippen molar-refractivity contribution in [3.63, 3.8) is 0 Å². The van der Waals surface area contributed by atoms with Gasteiger partial charge in [0.1, 0.15) is 16.4 Å². The number of aromatic hydroxyl groups is 2. The second-order valence-corrected chi connectivity index (χ2v) is 4.87. The van der Waals surface area contributed by atoms with E-state index in [0.29, 0.717) is 5.56 Å². The van der Waals surface area contributed by atoms with Crippen molar-refractivity contribution < 1.29 is 18.6 Å². The van der Waals surface area contributed by atoms with Gasteiger partial charge in [0.15, 0.2) is 9.84 Å². The summed E-state index contributed by atoms with van der Waals surface area (Å²) in [4.78, 5) is -0.245. The number of aryl methyl sites for hydroxylation is 1. The third-order valence-corrected chi connectivity index (χ3v) is 2.76. The molecule has 0 aliphatic rings. The molecule has 0 unspecified atom stereocenters. The van der Waals surface area contributed by atoms with E-state index in [1.165, 1.54) is 13.0 Å². The Bertz CT molecular complexity index is 434. The molecule has 1 aromatic carbocycles. The van der Waals surface area contributed by atoms with Gasteiger partial charge in [0.05, 0.1) is 0 Å². The highest BCUT2D eigenvalue weighted by Gasteiger charge is 2.15. The summed E-state index contributed by atoms with van der Waals surface area (Å²) >= 11 is 0. The second-order valence-electron chi connectivity index (χ2n) is 2.88. The van der Waals surface area contributed by atoms with Gasteiger partial charge in [-0.25, -0.2) is 8.42 Å². The SMILES string of the molecule is Cc1cc(O)cc(S(C)(=O)=O)c1O. The first kappa shape index (κ1) is 9.85. The zero-order valence-corrected chi connectivity index (χ0v) is 8.09. The van der Waals surface area contributed by atoms with Crippen LogP contribution in [0.5, 0.6) is 11.5 Å². The maximum Gasteiger partial charge on any atom is 0.179 e. The van der Waals surface area contributed by atoms with Crippen LogP contribution in [-0.4, -0.2) is 24.9 Å². The van der Waals surface area contributed by atoms with E-state index in [-0.39, 0.29) is 16.4 Å². The standard InChI is InChI=1S/C8H10O4S/c1-5-3-6(9)4-7(8(5)10)13(2,11)12/h3-4,9-10H,1-2H3. The van der Waals surface area contributed by atoms with Crippen LogP contribution in [0.4, 0.5) is 0 Å². The topological polar surface area (TPSA) is 74.6 Å². The molecule has 0 radical (unpaired) electrons. The summed E-state index contributed by atoms with van der Waals surface area (Å²) in [5, 5.41) is 18.5. The molecular formula is C8H10O4S. The zero-order chi connectivity index (χ0) is 10.2. The first-order valence-corrected chi connectivity index (χ1v) is 5.44. The minimum atomic E-state index is -3.49. The van der Waals surface area contributed by atoms with Crippen molar-refractivity contribution in [1.29, 1.82) is 0 Å². The van der Waals surface area contributed by atoms with Crippen LogP contribution in [0.3, 0.4) is 0 Å². The Kier molecular flexibility index (Phi) is 2.21. The molecule has 1 rings (SSSR count). The van der Waals surface area contributed by atoms with E-state index < -0.39 is 9.84 Å². The Hall–Kier alpha value is -1.23. The predicted octanol–water partition coefficient (Wildman–Crippen LogP) is 0.810. The molecule has 0 aliphatic heterocycles. The van der Waals surface area contributed by atoms with Gasteiger partial charge in [-0.05, 0) is 18.6 Å². The molecule has 0 spiro atoms. The van der Waals surface area contributed by atoms with Crippen LogP contribution in [0.1, 0.15) is 5.56 Å². The maximum absolute atomic E-state index is 11.1. The van der Waals surface area contributed by atoms with Crippen molar-refractivity contribution in [3.8, 4) is 11.5 Å². The summed E-state index contributed by atoms with van der Waals surface area (Å²) in [6.07, 6.45) is 0.973. The Balaban J connectivity index is 3.56. The lowest BCUT2D eigenvalue weighted by Gasteiger charge is -2.05. The monoisotopic (exact) mass is 202 g/mol. The highest BCUT2D eigenvalue weighted by atomic mass is 32.2. The van der Waals surface area contributed by atoms with E-state index in [4.69, 9.17) is 5.11 Å². The van der Waals surface area contributed by atoms with Gasteiger partial charge in [-0.3, -0.25) is 0 Å². The van der Waals surface area contributed by atoms with E-state index in [1.807, 2.05) is 0 Å². The molecule has 0 bridgehead atoms. The zero-order valence-electron chi connectivity index (χ0n) is 7.27. The van der Waals surface area contributed by atoms with Gasteiger partial charge in [0.2, 0.25) is 0 Å². The van der Waals surface area contributed by atoms with E-state index >= 15 is 0 Å². The van der Waals surface area contributed by atoms with Crippen LogP contribution in [0, 0.1) is 6.92 Å². The Morgan fingerprint density at radius 1 is 1.23 bits per heavy atom. The normalized spacial score (nSPS) is 11.5. The lowest BCUT2D eigenvalue weighted by molar-refractivity contribution is 0.441. The average Bonchev–Trinajstić information content (AvgIpc) is 1.94. The van der Waals surface area contributed by atoms with Crippen molar-refractivity contribution in [3.05, 3.63) is 17.7 Å². The van der Waals surface area contributed by atoms with Gasteiger partial charge in [0.25, 0.3) is 0 Å². The van der Waals surface area contributed by atoms with E-state index in [0.717, 1.165) is 12.3 Å². The van der Waals surface area contributed by atoms with Crippen LogP contribution in [0.2, 0.25) is 0 Å². The third kappa shape index (κ3) is 1.92. The summed E-state index contributed by atoms with van der Waals surface area (Å²) < 4.78 is 22.2. The highest BCUT2D eigenvalue weighted by Crippen LogP contribution is 2.30. The van der Waals surface area contributed by atoms with Crippen molar-refractivity contribution in [2.45, 2.75) is 11.8 Å². The van der Waals surface area contributed by atoms with Crippen molar-refractivity contribution in [2.75, 3.05) is 6.26 Å². The van der Waals surface area contributed by atoms with E-state index in [2.05, 4.69) is 0 Å². The summed E-state index contributed by atoms with van der Waals surface area (Å²) in [5.41, 5.74) is 0.334. The van der Waals surface area contributed by atoms with E-state index in [9.17, 15) is 13.5 Å². The largest absolute Gasteiger partial charge is 0.508 e. The molecule has 0 heterocycles. The lowest BCUT2D eigenvalue weighted by Crippen LogP contribution is -1.98. The molecule has 0 atom stereocenters. The summed E-state index contributed by atoms with van der Waals surface area (Å²) in [6.45, 7) is 1.52. The van der Waals surface area contributed by atoms with Gasteiger partial charge >= 0.3 is 0 Å². The van der Waals surface area contributed by atoms with Crippen LogP contribution < -0.4 is 0 Å². The molecule has 72 valence electrons. The fourth-order valence-electron chi connectivity index (χ4n) is 1.01. The van der Waals surface area contributed by atoms with Gasteiger partial charge in [-0.1, -0.05) is 0 Å². The number of sulfone groups is 1. The molecule has 0 fully saturated rings. The number of hydrogen-bond donors (Lipinski definition) is 2. The van der Waals surface area contributed by atoms with Gasteiger partial charge in [-0.2, -0.15) is 0 Å². The fraction of sp³-hybridized carbons (Fsp3) is 0.250.